The third-order valence-corrected chi connectivity index (χ3v) is 2.90. The van der Waals surface area contributed by atoms with Crippen molar-refractivity contribution in [3.05, 3.63) is 23.2 Å². The molecule has 0 aliphatic heterocycles. The SMILES string of the molecule is CCCOCCOCc1cc(CNCC(C)C)oc1C. The van der Waals surface area contributed by atoms with Gasteiger partial charge < -0.3 is 19.2 Å². The van der Waals surface area contributed by atoms with Gasteiger partial charge in [-0.15, -0.1) is 0 Å². The van der Waals surface area contributed by atoms with Gasteiger partial charge in [-0.25, -0.2) is 0 Å². The van der Waals surface area contributed by atoms with Crippen molar-refractivity contribution >= 4 is 0 Å². The normalized spacial score (nSPS) is 11.4. The monoisotopic (exact) mass is 283 g/mol. The third-order valence-electron chi connectivity index (χ3n) is 2.90. The van der Waals surface area contributed by atoms with Crippen molar-refractivity contribution in [2.45, 2.75) is 47.3 Å². The van der Waals surface area contributed by atoms with E-state index in [1.165, 1.54) is 0 Å². The topological polar surface area (TPSA) is 43.6 Å². The predicted octanol–water partition coefficient (Wildman–Crippen LogP) is 3.28. The van der Waals surface area contributed by atoms with E-state index < -0.39 is 0 Å². The maximum absolute atomic E-state index is 5.72. The molecule has 4 heteroatoms. The Morgan fingerprint density at radius 3 is 2.65 bits per heavy atom. The van der Waals surface area contributed by atoms with Crippen LogP contribution >= 0.6 is 0 Å². The molecule has 4 nitrogen and oxygen atoms in total. The smallest absolute Gasteiger partial charge is 0.118 e. The first-order valence-corrected chi connectivity index (χ1v) is 7.57. The molecule has 1 heterocycles. The van der Waals surface area contributed by atoms with Gasteiger partial charge in [-0.2, -0.15) is 0 Å². The minimum Gasteiger partial charge on any atom is -0.465 e. The van der Waals surface area contributed by atoms with Crippen LogP contribution in [0.3, 0.4) is 0 Å². The lowest BCUT2D eigenvalue weighted by Gasteiger charge is -2.04. The highest BCUT2D eigenvalue weighted by atomic mass is 16.5. The van der Waals surface area contributed by atoms with Crippen LogP contribution in [0.1, 0.15) is 44.3 Å². The second-order valence-electron chi connectivity index (χ2n) is 5.48. The molecule has 0 saturated carbocycles. The Bertz CT molecular complexity index is 361. The number of nitrogens with one attached hydrogen (secondary N) is 1. The zero-order valence-electron chi connectivity index (χ0n) is 13.3. The fourth-order valence-corrected chi connectivity index (χ4v) is 1.85. The highest BCUT2D eigenvalue weighted by Gasteiger charge is 2.07. The fourth-order valence-electron chi connectivity index (χ4n) is 1.85. The fraction of sp³-hybridized carbons (Fsp3) is 0.750. The zero-order chi connectivity index (χ0) is 14.8. The Labute approximate surface area is 122 Å². The second kappa shape index (κ2) is 9.97. The van der Waals surface area contributed by atoms with E-state index in [4.69, 9.17) is 13.9 Å². The maximum atomic E-state index is 5.72. The number of aryl methyl sites for hydroxylation is 1. The first-order valence-electron chi connectivity index (χ1n) is 7.57. The standard InChI is InChI=1S/C16H29NO3/c1-5-6-18-7-8-19-12-15-9-16(20-14(15)4)11-17-10-13(2)3/h9,13,17H,5-8,10-12H2,1-4H3. The van der Waals surface area contributed by atoms with Gasteiger partial charge in [0.05, 0.1) is 26.4 Å². The Morgan fingerprint density at radius 2 is 1.95 bits per heavy atom. The van der Waals surface area contributed by atoms with Crippen molar-refractivity contribution < 1.29 is 13.9 Å². The Hall–Kier alpha value is -0.840. The summed E-state index contributed by atoms with van der Waals surface area (Å²) in [6, 6.07) is 2.08. The van der Waals surface area contributed by atoms with E-state index in [-0.39, 0.29) is 0 Å². The van der Waals surface area contributed by atoms with Crippen molar-refractivity contribution in [3.63, 3.8) is 0 Å². The first-order chi connectivity index (χ1) is 9.63. The Morgan fingerprint density at radius 1 is 1.20 bits per heavy atom. The molecule has 0 bridgehead atoms. The molecule has 0 unspecified atom stereocenters. The highest BCUT2D eigenvalue weighted by Crippen LogP contribution is 2.15. The van der Waals surface area contributed by atoms with Crippen LogP contribution in [0.15, 0.2) is 10.5 Å². The molecule has 1 aromatic heterocycles. The van der Waals surface area contributed by atoms with Crippen LogP contribution in [0.4, 0.5) is 0 Å². The van der Waals surface area contributed by atoms with Crippen LogP contribution in [0, 0.1) is 12.8 Å². The van der Waals surface area contributed by atoms with Crippen LogP contribution in [-0.2, 0) is 22.6 Å². The van der Waals surface area contributed by atoms with Crippen LogP contribution in [0.25, 0.3) is 0 Å². The van der Waals surface area contributed by atoms with Gasteiger partial charge in [-0.05, 0) is 31.9 Å². The summed E-state index contributed by atoms with van der Waals surface area (Å²) in [4.78, 5) is 0. The number of furan rings is 1. The summed E-state index contributed by atoms with van der Waals surface area (Å²) in [6.07, 6.45) is 1.05. The molecule has 0 radical (unpaired) electrons. The molecule has 0 saturated heterocycles. The highest BCUT2D eigenvalue weighted by molar-refractivity contribution is 5.19. The van der Waals surface area contributed by atoms with Crippen molar-refractivity contribution in [1.82, 2.24) is 5.32 Å². The molecule has 0 spiro atoms. The lowest BCUT2D eigenvalue weighted by atomic mass is 10.2. The summed E-state index contributed by atoms with van der Waals surface area (Å²) in [6.45, 7) is 12.9. The Kier molecular flexibility index (Phi) is 8.58. The molecule has 0 amide bonds. The van der Waals surface area contributed by atoms with Crippen LogP contribution in [0.5, 0.6) is 0 Å². The van der Waals surface area contributed by atoms with Crippen LogP contribution in [-0.4, -0.2) is 26.4 Å². The molecule has 0 aliphatic carbocycles. The van der Waals surface area contributed by atoms with Gasteiger partial charge >= 0.3 is 0 Å². The summed E-state index contributed by atoms with van der Waals surface area (Å²) >= 11 is 0. The van der Waals surface area contributed by atoms with Gasteiger partial charge in [0.25, 0.3) is 0 Å². The van der Waals surface area contributed by atoms with Gasteiger partial charge in [-0.1, -0.05) is 20.8 Å². The molecule has 1 N–H and O–H groups in total. The molecule has 0 aliphatic rings. The zero-order valence-corrected chi connectivity index (χ0v) is 13.3. The second-order valence-corrected chi connectivity index (χ2v) is 5.48. The van der Waals surface area contributed by atoms with Gasteiger partial charge in [0.1, 0.15) is 11.5 Å². The van der Waals surface area contributed by atoms with Gasteiger partial charge in [0, 0.05) is 12.2 Å². The summed E-state index contributed by atoms with van der Waals surface area (Å²) in [7, 11) is 0. The molecular weight excluding hydrogens is 254 g/mol. The maximum Gasteiger partial charge on any atom is 0.118 e. The van der Waals surface area contributed by atoms with Gasteiger partial charge in [0.15, 0.2) is 0 Å². The van der Waals surface area contributed by atoms with Gasteiger partial charge in [-0.3, -0.25) is 0 Å². The van der Waals surface area contributed by atoms with Crippen molar-refractivity contribution in [2.24, 2.45) is 5.92 Å². The van der Waals surface area contributed by atoms with Crippen LogP contribution < -0.4 is 5.32 Å². The Balaban J connectivity index is 2.23. The summed E-state index contributed by atoms with van der Waals surface area (Å²) in [5, 5.41) is 3.38. The quantitative estimate of drug-likeness (QED) is 0.633. The average molecular weight is 283 g/mol. The molecule has 0 aromatic carbocycles. The number of hydrogen-bond acceptors (Lipinski definition) is 4. The van der Waals surface area contributed by atoms with E-state index in [0.29, 0.717) is 25.7 Å². The summed E-state index contributed by atoms with van der Waals surface area (Å²) in [5.41, 5.74) is 1.13. The first kappa shape index (κ1) is 17.2. The van der Waals surface area contributed by atoms with E-state index in [2.05, 4.69) is 32.2 Å². The number of hydrogen-bond donors (Lipinski definition) is 1. The lowest BCUT2D eigenvalue weighted by Crippen LogP contribution is -2.18. The average Bonchev–Trinajstić information content (AvgIpc) is 2.74. The molecule has 0 fully saturated rings. The van der Waals surface area contributed by atoms with E-state index >= 15 is 0 Å². The minimum absolute atomic E-state index is 0.592. The minimum atomic E-state index is 0.592. The summed E-state index contributed by atoms with van der Waals surface area (Å²) in [5.74, 6) is 2.57. The summed E-state index contributed by atoms with van der Waals surface area (Å²) < 4.78 is 16.7. The van der Waals surface area contributed by atoms with E-state index in [9.17, 15) is 0 Å². The van der Waals surface area contributed by atoms with Crippen molar-refractivity contribution in [1.29, 1.82) is 0 Å². The largest absolute Gasteiger partial charge is 0.465 e. The van der Waals surface area contributed by atoms with E-state index in [1.807, 2.05) is 6.92 Å². The third kappa shape index (κ3) is 7.08. The molecule has 1 rings (SSSR count). The number of rotatable bonds is 11. The number of ether oxygens (including phenoxy) is 2. The molecule has 20 heavy (non-hydrogen) atoms. The van der Waals surface area contributed by atoms with Crippen LogP contribution in [0.2, 0.25) is 0 Å². The molecule has 0 atom stereocenters. The molecule has 1 aromatic rings. The predicted molar refractivity (Wildman–Crippen MR) is 80.8 cm³/mol. The van der Waals surface area contributed by atoms with E-state index in [0.717, 1.165) is 43.2 Å². The van der Waals surface area contributed by atoms with Gasteiger partial charge in [0.2, 0.25) is 0 Å². The van der Waals surface area contributed by atoms with Crippen molar-refractivity contribution in [2.75, 3.05) is 26.4 Å². The molecule has 116 valence electrons. The van der Waals surface area contributed by atoms with E-state index in [1.54, 1.807) is 0 Å². The lowest BCUT2D eigenvalue weighted by molar-refractivity contribution is 0.0405. The van der Waals surface area contributed by atoms with Crippen molar-refractivity contribution in [3.8, 4) is 0 Å². The molecular formula is C16H29NO3.